The van der Waals surface area contributed by atoms with Crippen LogP contribution in [0.4, 0.5) is 0 Å². The molecule has 2 aromatic heterocycles. The van der Waals surface area contributed by atoms with Crippen LogP contribution in [0.25, 0.3) is 9.88 Å². The SMILES string of the molecule is CCNC(C)c1cnc(-c2cc(Br)c(Br)s2)s1. The highest BCUT2D eigenvalue weighted by molar-refractivity contribution is 9.13. The standard InChI is InChI=1S/C11H12Br2N2S2/c1-3-14-6(2)9-5-15-11(17-9)8-4-7(12)10(13)16-8/h4-6,14H,3H2,1-2H3. The van der Waals surface area contributed by atoms with Gasteiger partial charge in [0.2, 0.25) is 0 Å². The highest BCUT2D eigenvalue weighted by atomic mass is 79.9. The van der Waals surface area contributed by atoms with Crippen molar-refractivity contribution in [3.63, 3.8) is 0 Å². The molecule has 1 unspecified atom stereocenters. The van der Waals surface area contributed by atoms with Crippen LogP contribution in [0.3, 0.4) is 0 Å². The van der Waals surface area contributed by atoms with E-state index in [0.717, 1.165) is 19.8 Å². The molecule has 92 valence electrons. The number of rotatable bonds is 4. The van der Waals surface area contributed by atoms with Crippen molar-refractivity contribution in [1.82, 2.24) is 10.3 Å². The molecular weight excluding hydrogens is 384 g/mol. The van der Waals surface area contributed by atoms with Crippen LogP contribution in [-0.4, -0.2) is 11.5 Å². The van der Waals surface area contributed by atoms with E-state index in [-0.39, 0.29) is 0 Å². The molecule has 0 aliphatic carbocycles. The maximum Gasteiger partial charge on any atom is 0.133 e. The summed E-state index contributed by atoms with van der Waals surface area (Å²) in [5.74, 6) is 0. The van der Waals surface area contributed by atoms with E-state index in [1.54, 1.807) is 22.7 Å². The quantitative estimate of drug-likeness (QED) is 0.781. The van der Waals surface area contributed by atoms with Gasteiger partial charge in [0.05, 0.1) is 8.66 Å². The van der Waals surface area contributed by atoms with Gasteiger partial charge in [-0.2, -0.15) is 0 Å². The Morgan fingerprint density at radius 3 is 2.76 bits per heavy atom. The molecule has 1 atom stereocenters. The molecule has 0 aromatic carbocycles. The first-order valence-electron chi connectivity index (χ1n) is 5.26. The summed E-state index contributed by atoms with van der Waals surface area (Å²) in [5.41, 5.74) is 0. The molecule has 1 N–H and O–H groups in total. The molecule has 6 heteroatoms. The number of aromatic nitrogens is 1. The summed E-state index contributed by atoms with van der Waals surface area (Å²) in [6.07, 6.45) is 1.97. The van der Waals surface area contributed by atoms with Crippen molar-refractivity contribution in [2.45, 2.75) is 19.9 Å². The zero-order valence-corrected chi connectivity index (χ0v) is 14.3. The largest absolute Gasteiger partial charge is 0.310 e. The van der Waals surface area contributed by atoms with E-state index in [9.17, 15) is 0 Å². The fraction of sp³-hybridized carbons (Fsp3) is 0.364. The van der Waals surface area contributed by atoms with Crippen LogP contribution in [0.15, 0.2) is 20.5 Å². The van der Waals surface area contributed by atoms with Crippen molar-refractivity contribution in [3.05, 3.63) is 25.4 Å². The van der Waals surface area contributed by atoms with Crippen molar-refractivity contribution >= 4 is 54.5 Å². The number of hydrogen-bond donors (Lipinski definition) is 1. The first kappa shape index (κ1) is 13.7. The summed E-state index contributed by atoms with van der Waals surface area (Å²) >= 11 is 10.5. The molecule has 0 radical (unpaired) electrons. The van der Waals surface area contributed by atoms with Gasteiger partial charge >= 0.3 is 0 Å². The van der Waals surface area contributed by atoms with E-state index in [1.165, 1.54) is 9.75 Å². The smallest absolute Gasteiger partial charge is 0.133 e. The highest BCUT2D eigenvalue weighted by Gasteiger charge is 2.13. The molecule has 0 bridgehead atoms. The summed E-state index contributed by atoms with van der Waals surface area (Å²) < 4.78 is 2.21. The molecule has 0 aliphatic heterocycles. The average molecular weight is 396 g/mol. The molecule has 0 amide bonds. The number of thiazole rings is 1. The predicted molar refractivity (Wildman–Crippen MR) is 82.9 cm³/mol. The molecule has 0 aliphatic rings. The monoisotopic (exact) mass is 394 g/mol. The Hall–Kier alpha value is 0.250. The Morgan fingerprint density at radius 1 is 1.41 bits per heavy atom. The van der Waals surface area contributed by atoms with Crippen molar-refractivity contribution in [3.8, 4) is 9.88 Å². The molecule has 2 nitrogen and oxygen atoms in total. The van der Waals surface area contributed by atoms with E-state index in [4.69, 9.17) is 0 Å². The summed E-state index contributed by atoms with van der Waals surface area (Å²) in [6.45, 7) is 5.26. The van der Waals surface area contributed by atoms with Crippen molar-refractivity contribution < 1.29 is 0 Å². The molecule has 0 saturated carbocycles. The number of hydrogen-bond acceptors (Lipinski definition) is 4. The van der Waals surface area contributed by atoms with Crippen molar-refractivity contribution in [2.75, 3.05) is 6.54 Å². The third-order valence-electron chi connectivity index (χ3n) is 2.32. The fourth-order valence-electron chi connectivity index (χ4n) is 1.46. The summed E-state index contributed by atoms with van der Waals surface area (Å²) in [4.78, 5) is 6.97. The van der Waals surface area contributed by atoms with Crippen LogP contribution >= 0.6 is 54.5 Å². The number of halogens is 2. The molecule has 2 rings (SSSR count). The minimum Gasteiger partial charge on any atom is -0.310 e. The Morgan fingerprint density at radius 2 is 2.18 bits per heavy atom. The van der Waals surface area contributed by atoms with Gasteiger partial charge in [-0.1, -0.05) is 6.92 Å². The Bertz CT molecular complexity index is 488. The zero-order valence-electron chi connectivity index (χ0n) is 9.46. The highest BCUT2D eigenvalue weighted by Crippen LogP contribution is 2.40. The van der Waals surface area contributed by atoms with Gasteiger partial charge in [-0.15, -0.1) is 22.7 Å². The van der Waals surface area contributed by atoms with Gasteiger partial charge < -0.3 is 5.32 Å². The lowest BCUT2D eigenvalue weighted by molar-refractivity contribution is 0.606. The Labute approximate surface area is 126 Å². The van der Waals surface area contributed by atoms with Gasteiger partial charge in [0.25, 0.3) is 0 Å². The van der Waals surface area contributed by atoms with Gasteiger partial charge in [-0.3, -0.25) is 0 Å². The van der Waals surface area contributed by atoms with Crippen LogP contribution in [-0.2, 0) is 0 Å². The lowest BCUT2D eigenvalue weighted by atomic mass is 10.3. The first-order valence-corrected chi connectivity index (χ1v) is 8.48. The predicted octanol–water partition coefficient (Wildman–Crippen LogP) is 5.07. The van der Waals surface area contributed by atoms with Crippen LogP contribution in [0.2, 0.25) is 0 Å². The van der Waals surface area contributed by atoms with E-state index in [2.05, 4.69) is 62.1 Å². The molecule has 0 saturated heterocycles. The zero-order chi connectivity index (χ0) is 12.4. The maximum absolute atomic E-state index is 4.49. The summed E-state index contributed by atoms with van der Waals surface area (Å²) in [7, 11) is 0. The lowest BCUT2D eigenvalue weighted by Crippen LogP contribution is -2.16. The molecule has 2 heterocycles. The van der Waals surface area contributed by atoms with Gasteiger partial charge in [-0.05, 0) is 51.4 Å². The average Bonchev–Trinajstić information content (AvgIpc) is 2.87. The molecule has 0 fully saturated rings. The van der Waals surface area contributed by atoms with Crippen molar-refractivity contribution in [2.24, 2.45) is 0 Å². The van der Waals surface area contributed by atoms with Gasteiger partial charge in [0.15, 0.2) is 0 Å². The second-order valence-electron chi connectivity index (χ2n) is 3.58. The molecular formula is C11H12Br2N2S2. The maximum atomic E-state index is 4.49. The Balaban J connectivity index is 2.23. The number of nitrogens with one attached hydrogen (secondary N) is 1. The minimum atomic E-state index is 0.373. The van der Waals surface area contributed by atoms with Crippen molar-refractivity contribution in [1.29, 1.82) is 0 Å². The molecule has 17 heavy (non-hydrogen) atoms. The van der Waals surface area contributed by atoms with Crippen LogP contribution in [0.1, 0.15) is 24.8 Å². The first-order chi connectivity index (χ1) is 8.11. The summed E-state index contributed by atoms with van der Waals surface area (Å²) in [5, 5.41) is 4.48. The number of thiophene rings is 1. The number of nitrogens with zero attached hydrogens (tertiary/aromatic N) is 1. The third kappa shape index (κ3) is 3.17. The summed E-state index contributed by atoms with van der Waals surface area (Å²) in [6, 6.07) is 2.48. The molecule has 0 spiro atoms. The Kier molecular flexibility index (Phi) is 4.77. The van der Waals surface area contributed by atoms with Crippen LogP contribution < -0.4 is 5.32 Å². The van der Waals surface area contributed by atoms with E-state index < -0.39 is 0 Å². The van der Waals surface area contributed by atoms with Crippen LogP contribution in [0.5, 0.6) is 0 Å². The topological polar surface area (TPSA) is 24.9 Å². The second kappa shape index (κ2) is 5.93. The van der Waals surface area contributed by atoms with E-state index in [0.29, 0.717) is 6.04 Å². The second-order valence-corrected chi connectivity index (χ2v) is 7.87. The normalized spacial score (nSPS) is 12.9. The van der Waals surface area contributed by atoms with Gasteiger partial charge in [0.1, 0.15) is 5.01 Å². The fourth-order valence-corrected chi connectivity index (χ4v) is 4.49. The lowest BCUT2D eigenvalue weighted by Gasteiger charge is -2.07. The van der Waals surface area contributed by atoms with E-state index >= 15 is 0 Å². The minimum absolute atomic E-state index is 0.373. The van der Waals surface area contributed by atoms with E-state index in [1.807, 2.05) is 6.20 Å². The third-order valence-corrected chi connectivity index (χ3v) is 6.92. The van der Waals surface area contributed by atoms with Gasteiger partial charge in [0, 0.05) is 21.6 Å². The van der Waals surface area contributed by atoms with Gasteiger partial charge in [-0.25, -0.2) is 4.98 Å². The molecule has 2 aromatic rings. The van der Waals surface area contributed by atoms with Crippen LogP contribution in [0, 0.1) is 0 Å².